The average Bonchev–Trinajstić information content (AvgIpc) is 3.35. The van der Waals surface area contributed by atoms with Crippen LogP contribution in [0.1, 0.15) is 16.9 Å². The maximum atomic E-state index is 13.2. The molecule has 2 aromatic carbocycles. The number of nitrogens with zero attached hydrogens (tertiary/aromatic N) is 4. The van der Waals surface area contributed by atoms with Crippen LogP contribution in [0.2, 0.25) is 10.0 Å². The molecular formula is C22H22Cl2N4O. The van der Waals surface area contributed by atoms with Crippen LogP contribution in [0.25, 0.3) is 17.1 Å². The molecule has 0 aliphatic carbocycles. The number of likely N-dealkylation sites (tertiary alicyclic amines) is 1. The lowest BCUT2D eigenvalue weighted by Crippen LogP contribution is -2.38. The van der Waals surface area contributed by atoms with Gasteiger partial charge in [0.2, 0.25) is 0 Å². The summed E-state index contributed by atoms with van der Waals surface area (Å²) < 4.78 is 1.89. The zero-order chi connectivity index (χ0) is 20.5. The monoisotopic (exact) mass is 428 g/mol. The molecule has 0 saturated carbocycles. The Balaban J connectivity index is 1.76. The summed E-state index contributed by atoms with van der Waals surface area (Å²) in [6, 6.07) is 15.1. The molecule has 2 heterocycles. The lowest BCUT2D eigenvalue weighted by molar-refractivity contribution is 0.0732. The van der Waals surface area contributed by atoms with Crippen LogP contribution in [0, 0.1) is 0 Å². The molecule has 0 spiro atoms. The van der Waals surface area contributed by atoms with Gasteiger partial charge in [-0.25, -0.2) is 4.98 Å². The third-order valence-electron chi connectivity index (χ3n) is 5.38. The SMILES string of the molecule is CN1CCC(N(C)C(=O)c2cn(-c3ccc(Cl)cc3)c(-c3ccccc3Cl)n2)C1. The summed E-state index contributed by atoms with van der Waals surface area (Å²) >= 11 is 12.5. The van der Waals surface area contributed by atoms with Crippen LogP contribution in [0.4, 0.5) is 0 Å². The highest BCUT2D eigenvalue weighted by molar-refractivity contribution is 6.33. The molecule has 3 aromatic rings. The zero-order valence-corrected chi connectivity index (χ0v) is 17.9. The molecule has 0 radical (unpaired) electrons. The van der Waals surface area contributed by atoms with Crippen LogP contribution >= 0.6 is 23.2 Å². The van der Waals surface area contributed by atoms with Gasteiger partial charge in [0, 0.05) is 42.1 Å². The first kappa shape index (κ1) is 20.0. The second-order valence-electron chi connectivity index (χ2n) is 7.40. The normalized spacial score (nSPS) is 16.9. The van der Waals surface area contributed by atoms with Gasteiger partial charge in [0.15, 0.2) is 0 Å². The van der Waals surface area contributed by atoms with Gasteiger partial charge in [-0.15, -0.1) is 0 Å². The van der Waals surface area contributed by atoms with E-state index >= 15 is 0 Å². The van der Waals surface area contributed by atoms with Crippen molar-refractivity contribution in [3.63, 3.8) is 0 Å². The number of imidazole rings is 1. The Kier molecular flexibility index (Phi) is 5.63. The third-order valence-corrected chi connectivity index (χ3v) is 5.96. The highest BCUT2D eigenvalue weighted by atomic mass is 35.5. The highest BCUT2D eigenvalue weighted by Gasteiger charge is 2.29. The fraction of sp³-hybridized carbons (Fsp3) is 0.273. The summed E-state index contributed by atoms with van der Waals surface area (Å²) in [7, 11) is 3.92. The van der Waals surface area contributed by atoms with Gasteiger partial charge in [0.1, 0.15) is 11.5 Å². The quantitative estimate of drug-likeness (QED) is 0.608. The van der Waals surface area contributed by atoms with Crippen molar-refractivity contribution in [3.8, 4) is 17.1 Å². The van der Waals surface area contributed by atoms with Gasteiger partial charge in [-0.2, -0.15) is 0 Å². The zero-order valence-electron chi connectivity index (χ0n) is 16.3. The first-order chi connectivity index (χ1) is 13.9. The topological polar surface area (TPSA) is 41.4 Å². The first-order valence-electron chi connectivity index (χ1n) is 9.50. The van der Waals surface area contributed by atoms with Crippen LogP contribution in [0.3, 0.4) is 0 Å². The fourth-order valence-corrected chi connectivity index (χ4v) is 4.03. The van der Waals surface area contributed by atoms with Gasteiger partial charge >= 0.3 is 0 Å². The van der Waals surface area contributed by atoms with E-state index in [1.807, 2.05) is 60.1 Å². The number of hydrogen-bond donors (Lipinski definition) is 0. The van der Waals surface area contributed by atoms with Gasteiger partial charge in [-0.05, 0) is 56.4 Å². The van der Waals surface area contributed by atoms with E-state index in [0.29, 0.717) is 21.6 Å². The number of likely N-dealkylation sites (N-methyl/N-ethyl adjacent to an activating group) is 2. The molecule has 1 unspecified atom stereocenters. The van der Waals surface area contributed by atoms with Gasteiger partial charge in [-0.3, -0.25) is 9.36 Å². The summed E-state index contributed by atoms with van der Waals surface area (Å²) in [5.41, 5.74) is 2.03. The van der Waals surface area contributed by atoms with E-state index in [4.69, 9.17) is 28.2 Å². The van der Waals surface area contributed by atoms with Crippen molar-refractivity contribution in [1.82, 2.24) is 19.4 Å². The van der Waals surface area contributed by atoms with Crippen molar-refractivity contribution in [2.75, 3.05) is 27.2 Å². The van der Waals surface area contributed by atoms with Crippen molar-refractivity contribution >= 4 is 29.1 Å². The van der Waals surface area contributed by atoms with E-state index in [9.17, 15) is 4.79 Å². The molecular weight excluding hydrogens is 407 g/mol. The Morgan fingerprint density at radius 1 is 1.14 bits per heavy atom. The molecule has 1 saturated heterocycles. The Bertz CT molecular complexity index is 1030. The van der Waals surface area contributed by atoms with E-state index in [2.05, 4.69) is 11.9 Å². The number of carbonyl (C=O) groups excluding carboxylic acids is 1. The molecule has 150 valence electrons. The maximum Gasteiger partial charge on any atom is 0.274 e. The van der Waals surface area contributed by atoms with E-state index in [-0.39, 0.29) is 11.9 Å². The van der Waals surface area contributed by atoms with Crippen molar-refractivity contribution in [2.24, 2.45) is 0 Å². The van der Waals surface area contributed by atoms with Crippen molar-refractivity contribution in [1.29, 1.82) is 0 Å². The summed E-state index contributed by atoms with van der Waals surface area (Å²) in [6.07, 6.45) is 2.74. The number of benzene rings is 2. The highest BCUT2D eigenvalue weighted by Crippen LogP contribution is 2.30. The number of hydrogen-bond acceptors (Lipinski definition) is 3. The van der Waals surface area contributed by atoms with Crippen LogP contribution < -0.4 is 0 Å². The fourth-order valence-electron chi connectivity index (χ4n) is 3.69. The van der Waals surface area contributed by atoms with E-state index < -0.39 is 0 Å². The molecule has 29 heavy (non-hydrogen) atoms. The Labute approximate surface area is 180 Å². The molecule has 1 aromatic heterocycles. The molecule has 1 atom stereocenters. The van der Waals surface area contributed by atoms with Crippen LogP contribution in [-0.4, -0.2) is 58.5 Å². The van der Waals surface area contributed by atoms with Crippen molar-refractivity contribution < 1.29 is 4.79 Å². The molecule has 5 nitrogen and oxygen atoms in total. The second-order valence-corrected chi connectivity index (χ2v) is 8.24. The Morgan fingerprint density at radius 3 is 2.52 bits per heavy atom. The van der Waals surface area contributed by atoms with Crippen LogP contribution in [-0.2, 0) is 0 Å². The Morgan fingerprint density at radius 2 is 1.86 bits per heavy atom. The van der Waals surface area contributed by atoms with Crippen LogP contribution in [0.15, 0.2) is 54.7 Å². The largest absolute Gasteiger partial charge is 0.336 e. The van der Waals surface area contributed by atoms with Crippen LogP contribution in [0.5, 0.6) is 0 Å². The van der Waals surface area contributed by atoms with Crippen molar-refractivity contribution in [2.45, 2.75) is 12.5 Å². The van der Waals surface area contributed by atoms with Gasteiger partial charge < -0.3 is 9.80 Å². The number of carbonyl (C=O) groups is 1. The van der Waals surface area contributed by atoms with Gasteiger partial charge in [0.05, 0.1) is 5.02 Å². The number of aromatic nitrogens is 2. The molecule has 7 heteroatoms. The molecule has 0 bridgehead atoms. The first-order valence-corrected chi connectivity index (χ1v) is 10.3. The standard InChI is InChI=1S/C22H22Cl2N4O/c1-26-12-11-17(13-26)27(2)22(29)20-14-28(16-9-7-15(23)8-10-16)21(25-20)18-5-3-4-6-19(18)24/h3-10,14,17H,11-13H2,1-2H3. The number of rotatable bonds is 4. The average molecular weight is 429 g/mol. The molecule has 4 rings (SSSR count). The smallest absolute Gasteiger partial charge is 0.274 e. The van der Waals surface area contributed by atoms with Gasteiger partial charge in [0.25, 0.3) is 5.91 Å². The maximum absolute atomic E-state index is 13.2. The minimum atomic E-state index is -0.0914. The van der Waals surface area contributed by atoms with Crippen molar-refractivity contribution in [3.05, 3.63) is 70.5 Å². The predicted octanol–water partition coefficient (Wildman–Crippen LogP) is 4.62. The van der Waals surface area contributed by atoms with Gasteiger partial charge in [-0.1, -0.05) is 35.3 Å². The summed E-state index contributed by atoms with van der Waals surface area (Å²) in [5.74, 6) is 0.532. The summed E-state index contributed by atoms with van der Waals surface area (Å²) in [5, 5.41) is 1.23. The second kappa shape index (κ2) is 8.19. The summed E-state index contributed by atoms with van der Waals surface area (Å²) in [6.45, 7) is 1.86. The lowest BCUT2D eigenvalue weighted by atomic mass is 10.2. The molecule has 1 amide bonds. The molecule has 1 aliphatic rings. The lowest BCUT2D eigenvalue weighted by Gasteiger charge is -2.23. The number of halogens is 2. The predicted molar refractivity (Wildman–Crippen MR) is 117 cm³/mol. The van der Waals surface area contributed by atoms with E-state index in [1.165, 1.54) is 0 Å². The summed E-state index contributed by atoms with van der Waals surface area (Å²) in [4.78, 5) is 21.9. The van der Waals surface area contributed by atoms with E-state index in [0.717, 1.165) is 30.8 Å². The minimum Gasteiger partial charge on any atom is -0.336 e. The van der Waals surface area contributed by atoms with E-state index in [1.54, 1.807) is 11.1 Å². The third kappa shape index (κ3) is 4.04. The molecule has 0 N–H and O–H groups in total. The molecule has 1 fully saturated rings. The minimum absolute atomic E-state index is 0.0914. The number of amides is 1. The Hall–Kier alpha value is -2.34. The molecule has 1 aliphatic heterocycles.